The van der Waals surface area contributed by atoms with Gasteiger partial charge in [0.25, 0.3) is 0 Å². The number of nitrogens with one attached hydrogen (secondary N) is 4. The van der Waals surface area contributed by atoms with Gasteiger partial charge in [-0.3, -0.25) is 4.79 Å². The quantitative estimate of drug-likeness (QED) is 0.110. The van der Waals surface area contributed by atoms with Gasteiger partial charge in [0.15, 0.2) is 0 Å². The summed E-state index contributed by atoms with van der Waals surface area (Å²) in [6.07, 6.45) is -1.51. The molecule has 1 aromatic rings. The second-order valence-corrected chi connectivity index (χ2v) is 14.6. The first-order chi connectivity index (χ1) is 22.1. The van der Waals surface area contributed by atoms with Crippen molar-refractivity contribution < 1.29 is 43.3 Å². The minimum absolute atomic E-state index is 0.0630. The number of carbonyl (C=O) groups excluding carboxylic acids is 4. The van der Waals surface area contributed by atoms with E-state index >= 15 is 0 Å². The van der Waals surface area contributed by atoms with Crippen LogP contribution in [-0.2, 0) is 25.5 Å². The van der Waals surface area contributed by atoms with Crippen LogP contribution in [0.15, 0.2) is 30.3 Å². The number of benzene rings is 1. The van der Waals surface area contributed by atoms with Gasteiger partial charge in [-0.1, -0.05) is 30.3 Å². The predicted octanol–water partition coefficient (Wildman–Crippen LogP) is 5.54. The monoisotopic (exact) mass is 679 g/mol. The van der Waals surface area contributed by atoms with Crippen molar-refractivity contribution >= 4 is 30.3 Å². The lowest BCUT2D eigenvalue weighted by Gasteiger charge is -2.26. The van der Waals surface area contributed by atoms with E-state index in [1.807, 2.05) is 30.3 Å². The molecule has 1 aromatic carbocycles. The highest BCUT2D eigenvalue weighted by Gasteiger charge is 2.24. The summed E-state index contributed by atoms with van der Waals surface area (Å²) < 4.78 is 16.0. The van der Waals surface area contributed by atoms with Crippen molar-refractivity contribution in [2.24, 2.45) is 0 Å². The predicted molar refractivity (Wildman–Crippen MR) is 182 cm³/mol. The summed E-state index contributed by atoms with van der Waals surface area (Å²) >= 11 is 0. The minimum atomic E-state index is -1.07. The highest BCUT2D eigenvalue weighted by Crippen LogP contribution is 2.12. The van der Waals surface area contributed by atoms with Crippen LogP contribution in [0.3, 0.4) is 0 Å². The summed E-state index contributed by atoms with van der Waals surface area (Å²) in [5.74, 6) is -0.390. The van der Waals surface area contributed by atoms with Crippen molar-refractivity contribution in [3.8, 4) is 0 Å². The lowest BCUT2D eigenvalue weighted by atomic mass is 10.1. The van der Waals surface area contributed by atoms with Gasteiger partial charge >= 0.3 is 24.4 Å². The molecule has 0 aliphatic rings. The average molecular weight is 680 g/mol. The molecule has 0 heterocycles. The van der Waals surface area contributed by atoms with Gasteiger partial charge in [0, 0.05) is 44.7 Å². The molecule has 5 amide bonds. The van der Waals surface area contributed by atoms with E-state index in [9.17, 15) is 29.1 Å². The molecule has 0 aromatic heterocycles. The lowest BCUT2D eigenvalue weighted by Crippen LogP contribution is -2.47. The number of ether oxygens (including phenoxy) is 3. The normalized spacial score (nSPS) is 12.9. The maximum Gasteiger partial charge on any atom is 0.407 e. The molecule has 0 unspecified atom stereocenters. The number of hydrogen-bond acceptors (Lipinski definition) is 8. The van der Waals surface area contributed by atoms with Gasteiger partial charge in [0.05, 0.1) is 0 Å². The van der Waals surface area contributed by atoms with Gasteiger partial charge in [0.2, 0.25) is 5.91 Å². The Balaban J connectivity index is 2.86. The van der Waals surface area contributed by atoms with Crippen molar-refractivity contribution in [1.29, 1.82) is 0 Å². The fraction of sp³-hybridized carbons (Fsp3) is 0.676. The first-order valence-corrected chi connectivity index (χ1v) is 16.4. The van der Waals surface area contributed by atoms with Crippen LogP contribution in [0.1, 0.15) is 100.0 Å². The van der Waals surface area contributed by atoms with Gasteiger partial charge in [0.1, 0.15) is 16.8 Å². The second-order valence-electron chi connectivity index (χ2n) is 14.6. The first-order valence-electron chi connectivity index (χ1n) is 16.4. The zero-order chi connectivity index (χ0) is 36.5. The van der Waals surface area contributed by atoms with Crippen LogP contribution >= 0.6 is 0 Å². The van der Waals surface area contributed by atoms with Gasteiger partial charge < -0.3 is 45.5 Å². The fourth-order valence-corrected chi connectivity index (χ4v) is 4.36. The van der Waals surface area contributed by atoms with Gasteiger partial charge in [-0.05, 0) is 93.6 Å². The Morgan fingerprint density at radius 1 is 0.708 bits per heavy atom. The summed E-state index contributed by atoms with van der Waals surface area (Å²) in [6.45, 7) is 16.4. The molecule has 272 valence electrons. The summed E-state index contributed by atoms with van der Waals surface area (Å²) in [7, 11) is 0. The Morgan fingerprint density at radius 3 is 1.73 bits per heavy atom. The molecule has 0 aliphatic heterocycles. The maximum atomic E-state index is 13.1. The highest BCUT2D eigenvalue weighted by atomic mass is 16.6. The van der Waals surface area contributed by atoms with Gasteiger partial charge in [-0.15, -0.1) is 0 Å². The van der Waals surface area contributed by atoms with Crippen molar-refractivity contribution in [3.63, 3.8) is 0 Å². The molecule has 5 N–H and O–H groups in total. The maximum absolute atomic E-state index is 13.1. The Bertz CT molecular complexity index is 1170. The van der Waals surface area contributed by atoms with E-state index < -0.39 is 59.2 Å². The third-order valence-electron chi connectivity index (χ3n) is 6.28. The zero-order valence-corrected chi connectivity index (χ0v) is 30.1. The van der Waals surface area contributed by atoms with E-state index in [0.29, 0.717) is 25.7 Å². The molecule has 14 heteroatoms. The molecule has 0 saturated heterocycles. The van der Waals surface area contributed by atoms with E-state index in [-0.39, 0.29) is 32.6 Å². The number of alkyl carbamates (subject to hydrolysis) is 3. The van der Waals surface area contributed by atoms with Crippen molar-refractivity contribution in [2.75, 3.05) is 19.6 Å². The molecule has 0 aliphatic carbocycles. The van der Waals surface area contributed by atoms with Gasteiger partial charge in [-0.25, -0.2) is 19.2 Å². The molecule has 1 rings (SSSR count). The number of hydrogen-bond donors (Lipinski definition) is 5. The molecular formula is C34H57N5O9. The summed E-state index contributed by atoms with van der Waals surface area (Å²) in [5.41, 5.74) is -1.28. The van der Waals surface area contributed by atoms with E-state index in [0.717, 1.165) is 5.56 Å². The molecule has 0 radical (unpaired) electrons. The van der Waals surface area contributed by atoms with Crippen LogP contribution in [0, 0.1) is 0 Å². The molecule has 0 bridgehead atoms. The number of carboxylic acid groups (broad SMARTS) is 1. The number of amides is 5. The van der Waals surface area contributed by atoms with E-state index in [2.05, 4.69) is 21.3 Å². The smallest absolute Gasteiger partial charge is 0.407 e. The number of rotatable bonds is 16. The van der Waals surface area contributed by atoms with Crippen LogP contribution in [-0.4, -0.2) is 88.8 Å². The third-order valence-corrected chi connectivity index (χ3v) is 6.28. The van der Waals surface area contributed by atoms with Gasteiger partial charge in [-0.2, -0.15) is 0 Å². The largest absolute Gasteiger partial charge is 0.465 e. The Morgan fingerprint density at radius 2 is 1.21 bits per heavy atom. The molecule has 48 heavy (non-hydrogen) atoms. The lowest BCUT2D eigenvalue weighted by molar-refractivity contribution is -0.121. The topological polar surface area (TPSA) is 185 Å². The van der Waals surface area contributed by atoms with Crippen LogP contribution in [0.25, 0.3) is 0 Å². The standard InChI is InChI=1S/C34H57N5O9/c1-32(2,3)46-28(41)35-19-13-17-26(38-30(43)48-34(7,8)9)22-36-27(40)21-25(37-29(42)47-33(4,5)6)18-14-20-39(31(44)45)23-24-15-11-10-12-16-24/h10-12,15-16,25-26H,13-14,17-23H2,1-9H3,(H,35,41)(H,36,40)(H,37,42)(H,38,43)(H,44,45)/t25-,26-/m0/s1. The van der Waals surface area contributed by atoms with Crippen molar-refractivity contribution in [1.82, 2.24) is 26.2 Å². The van der Waals surface area contributed by atoms with Crippen molar-refractivity contribution in [3.05, 3.63) is 35.9 Å². The second kappa shape index (κ2) is 19.6. The molecule has 0 saturated carbocycles. The third kappa shape index (κ3) is 21.5. The Kier molecular flexibility index (Phi) is 17.0. The minimum Gasteiger partial charge on any atom is -0.465 e. The number of nitrogens with zero attached hydrogens (tertiary/aromatic N) is 1. The molecule has 0 spiro atoms. The fourth-order valence-electron chi connectivity index (χ4n) is 4.36. The summed E-state index contributed by atoms with van der Waals surface area (Å²) in [5, 5.41) is 20.7. The summed E-state index contributed by atoms with van der Waals surface area (Å²) in [6, 6.07) is 8.04. The molecular weight excluding hydrogens is 622 g/mol. The Labute approximate surface area is 285 Å². The summed E-state index contributed by atoms with van der Waals surface area (Å²) in [4.78, 5) is 63.4. The van der Waals surface area contributed by atoms with Crippen LogP contribution < -0.4 is 21.3 Å². The Hall–Kier alpha value is -4.23. The molecule has 2 atom stereocenters. The highest BCUT2D eigenvalue weighted by molar-refractivity contribution is 5.78. The van der Waals surface area contributed by atoms with Crippen molar-refractivity contribution in [2.45, 2.75) is 130 Å². The van der Waals surface area contributed by atoms with E-state index in [4.69, 9.17) is 14.2 Å². The molecule has 14 nitrogen and oxygen atoms in total. The van der Waals surface area contributed by atoms with Crippen LogP contribution in [0.5, 0.6) is 0 Å². The zero-order valence-electron chi connectivity index (χ0n) is 30.1. The van der Waals surface area contributed by atoms with E-state index in [1.54, 1.807) is 62.3 Å². The average Bonchev–Trinajstić information content (AvgIpc) is 2.90. The van der Waals surface area contributed by atoms with Crippen LogP contribution in [0.2, 0.25) is 0 Å². The van der Waals surface area contributed by atoms with E-state index in [1.165, 1.54) is 4.90 Å². The first kappa shape index (κ1) is 41.8. The SMILES string of the molecule is CC(C)(C)OC(=O)NCCC[C@@H](CNC(=O)C[C@H](CCCN(Cc1ccccc1)C(=O)O)NC(=O)OC(C)(C)C)NC(=O)OC(C)(C)C. The number of carbonyl (C=O) groups is 5. The van der Waals surface area contributed by atoms with Crippen LogP contribution in [0.4, 0.5) is 19.2 Å². The molecule has 0 fully saturated rings.